The van der Waals surface area contributed by atoms with Crippen LogP contribution >= 0.6 is 15.9 Å². The number of hydrogen-bond donors (Lipinski definition) is 0. The zero-order valence-electron chi connectivity index (χ0n) is 6.24. The Hall–Kier alpha value is -1.30. The standard InChI is InChI=1S/C7H3BrFN3O/c8-4-1-5(9)6(10-2-4)7-12-11-3-13-7/h1-3H. The van der Waals surface area contributed by atoms with Crippen molar-refractivity contribution in [2.75, 3.05) is 0 Å². The first-order chi connectivity index (χ1) is 6.27. The van der Waals surface area contributed by atoms with Gasteiger partial charge in [-0.15, -0.1) is 10.2 Å². The highest BCUT2D eigenvalue weighted by atomic mass is 79.9. The molecule has 0 bridgehead atoms. The maximum atomic E-state index is 13.2. The van der Waals surface area contributed by atoms with E-state index in [1.54, 1.807) is 0 Å². The van der Waals surface area contributed by atoms with Crippen LogP contribution in [-0.4, -0.2) is 15.2 Å². The summed E-state index contributed by atoms with van der Waals surface area (Å²) in [4.78, 5) is 3.80. The van der Waals surface area contributed by atoms with E-state index in [-0.39, 0.29) is 11.6 Å². The van der Waals surface area contributed by atoms with Crippen LogP contribution in [0.4, 0.5) is 4.39 Å². The Morgan fingerprint density at radius 2 is 2.31 bits per heavy atom. The molecule has 0 amide bonds. The summed E-state index contributed by atoms with van der Waals surface area (Å²) in [5.41, 5.74) is 0.0562. The van der Waals surface area contributed by atoms with Crippen LogP contribution in [0.3, 0.4) is 0 Å². The molecule has 2 aromatic heterocycles. The van der Waals surface area contributed by atoms with Crippen LogP contribution in [0.5, 0.6) is 0 Å². The van der Waals surface area contributed by atoms with E-state index in [0.29, 0.717) is 4.47 Å². The molecule has 0 saturated carbocycles. The quantitative estimate of drug-likeness (QED) is 0.770. The minimum Gasteiger partial charge on any atom is -0.422 e. The van der Waals surface area contributed by atoms with E-state index in [1.807, 2.05) is 0 Å². The number of nitrogens with zero attached hydrogens (tertiary/aromatic N) is 3. The third-order valence-electron chi connectivity index (χ3n) is 1.37. The lowest BCUT2D eigenvalue weighted by molar-refractivity contribution is 0.553. The first-order valence-corrected chi connectivity index (χ1v) is 4.14. The number of aromatic nitrogens is 3. The van der Waals surface area contributed by atoms with E-state index < -0.39 is 5.82 Å². The molecule has 0 N–H and O–H groups in total. The maximum Gasteiger partial charge on any atom is 0.269 e. The van der Waals surface area contributed by atoms with Crippen molar-refractivity contribution in [2.24, 2.45) is 0 Å². The minimum absolute atomic E-state index is 0.0562. The number of pyridine rings is 1. The SMILES string of the molecule is Fc1cc(Br)cnc1-c1nnco1. The van der Waals surface area contributed by atoms with Crippen molar-refractivity contribution in [3.8, 4) is 11.6 Å². The van der Waals surface area contributed by atoms with Crippen molar-refractivity contribution in [1.29, 1.82) is 0 Å². The Kier molecular flexibility index (Phi) is 2.05. The van der Waals surface area contributed by atoms with Crippen molar-refractivity contribution < 1.29 is 8.81 Å². The van der Waals surface area contributed by atoms with Gasteiger partial charge in [0.25, 0.3) is 5.89 Å². The van der Waals surface area contributed by atoms with Gasteiger partial charge in [-0.1, -0.05) is 0 Å². The van der Waals surface area contributed by atoms with Crippen LogP contribution in [-0.2, 0) is 0 Å². The summed E-state index contributed by atoms with van der Waals surface area (Å²) >= 11 is 3.09. The van der Waals surface area contributed by atoms with E-state index in [9.17, 15) is 4.39 Å². The fraction of sp³-hybridized carbons (Fsp3) is 0. The molecule has 66 valence electrons. The van der Waals surface area contributed by atoms with Crippen molar-refractivity contribution in [1.82, 2.24) is 15.2 Å². The molecule has 0 unspecified atom stereocenters. The summed E-state index contributed by atoms with van der Waals surface area (Å²) < 4.78 is 18.6. The Balaban J connectivity index is 2.53. The summed E-state index contributed by atoms with van der Waals surface area (Å²) in [6.07, 6.45) is 2.58. The van der Waals surface area contributed by atoms with Gasteiger partial charge in [-0.2, -0.15) is 0 Å². The Morgan fingerprint density at radius 3 is 2.92 bits per heavy atom. The highest BCUT2D eigenvalue weighted by Crippen LogP contribution is 2.20. The molecule has 2 heterocycles. The smallest absolute Gasteiger partial charge is 0.269 e. The molecule has 0 radical (unpaired) electrons. The molecular formula is C7H3BrFN3O. The lowest BCUT2D eigenvalue weighted by Crippen LogP contribution is -1.89. The van der Waals surface area contributed by atoms with E-state index in [4.69, 9.17) is 4.42 Å². The predicted octanol–water partition coefficient (Wildman–Crippen LogP) is 2.03. The first kappa shape index (κ1) is 8.31. The lowest BCUT2D eigenvalue weighted by Gasteiger charge is -1.95. The number of rotatable bonds is 1. The summed E-state index contributed by atoms with van der Waals surface area (Å²) in [7, 11) is 0. The average Bonchev–Trinajstić information content (AvgIpc) is 2.56. The minimum atomic E-state index is -0.501. The van der Waals surface area contributed by atoms with Crippen LogP contribution in [0, 0.1) is 5.82 Å². The van der Waals surface area contributed by atoms with Gasteiger partial charge in [-0.25, -0.2) is 9.37 Å². The normalized spacial score (nSPS) is 10.3. The number of hydrogen-bond acceptors (Lipinski definition) is 4. The molecule has 2 aromatic rings. The fourth-order valence-electron chi connectivity index (χ4n) is 0.848. The topological polar surface area (TPSA) is 51.8 Å². The van der Waals surface area contributed by atoms with Crippen LogP contribution in [0.25, 0.3) is 11.6 Å². The molecular weight excluding hydrogens is 241 g/mol. The summed E-state index contributed by atoms with van der Waals surface area (Å²) in [6.45, 7) is 0. The molecule has 0 aliphatic rings. The van der Waals surface area contributed by atoms with E-state index in [1.165, 1.54) is 12.3 Å². The second-order valence-corrected chi connectivity index (χ2v) is 3.14. The molecule has 0 atom stereocenters. The van der Waals surface area contributed by atoms with Gasteiger partial charge in [0.05, 0.1) is 0 Å². The first-order valence-electron chi connectivity index (χ1n) is 3.35. The highest BCUT2D eigenvalue weighted by molar-refractivity contribution is 9.10. The molecule has 6 heteroatoms. The summed E-state index contributed by atoms with van der Waals surface area (Å²) in [5.74, 6) is -0.427. The van der Waals surface area contributed by atoms with Gasteiger partial charge in [-0.3, -0.25) is 0 Å². The highest BCUT2D eigenvalue weighted by Gasteiger charge is 2.11. The van der Waals surface area contributed by atoms with Crippen LogP contribution in [0.2, 0.25) is 0 Å². The largest absolute Gasteiger partial charge is 0.422 e. The lowest BCUT2D eigenvalue weighted by atomic mass is 10.3. The molecule has 0 aliphatic carbocycles. The van der Waals surface area contributed by atoms with Gasteiger partial charge in [0.15, 0.2) is 11.5 Å². The van der Waals surface area contributed by atoms with E-state index in [2.05, 4.69) is 31.1 Å². The Labute approximate surface area is 80.9 Å². The second-order valence-electron chi connectivity index (χ2n) is 2.23. The third-order valence-corrected chi connectivity index (χ3v) is 1.80. The van der Waals surface area contributed by atoms with Gasteiger partial charge in [0, 0.05) is 10.7 Å². The molecule has 13 heavy (non-hydrogen) atoms. The van der Waals surface area contributed by atoms with Gasteiger partial charge in [0.2, 0.25) is 6.39 Å². The van der Waals surface area contributed by atoms with Gasteiger partial charge < -0.3 is 4.42 Å². The molecule has 2 rings (SSSR count). The summed E-state index contributed by atoms with van der Waals surface area (Å²) in [5, 5.41) is 6.97. The van der Waals surface area contributed by atoms with Crippen molar-refractivity contribution in [3.63, 3.8) is 0 Å². The maximum absolute atomic E-state index is 13.2. The molecule has 0 aromatic carbocycles. The molecule has 0 fully saturated rings. The predicted molar refractivity (Wildman–Crippen MR) is 45.2 cm³/mol. The number of halogens is 2. The average molecular weight is 244 g/mol. The van der Waals surface area contributed by atoms with Crippen molar-refractivity contribution >= 4 is 15.9 Å². The van der Waals surface area contributed by atoms with Crippen LogP contribution < -0.4 is 0 Å². The third kappa shape index (κ3) is 1.57. The van der Waals surface area contributed by atoms with E-state index >= 15 is 0 Å². The summed E-state index contributed by atoms with van der Waals surface area (Å²) in [6, 6.07) is 1.28. The van der Waals surface area contributed by atoms with Gasteiger partial charge >= 0.3 is 0 Å². The molecule has 4 nitrogen and oxygen atoms in total. The van der Waals surface area contributed by atoms with Crippen molar-refractivity contribution in [2.45, 2.75) is 0 Å². The fourth-order valence-corrected chi connectivity index (χ4v) is 1.15. The Morgan fingerprint density at radius 1 is 1.46 bits per heavy atom. The molecule has 0 spiro atoms. The van der Waals surface area contributed by atoms with E-state index in [0.717, 1.165) is 6.39 Å². The van der Waals surface area contributed by atoms with Gasteiger partial charge in [-0.05, 0) is 22.0 Å². The second kappa shape index (κ2) is 3.21. The van der Waals surface area contributed by atoms with Crippen LogP contribution in [0.15, 0.2) is 27.5 Å². The monoisotopic (exact) mass is 243 g/mol. The van der Waals surface area contributed by atoms with Crippen LogP contribution in [0.1, 0.15) is 0 Å². The molecule has 0 saturated heterocycles. The Bertz CT molecular complexity index is 418. The zero-order chi connectivity index (χ0) is 9.26. The van der Waals surface area contributed by atoms with Gasteiger partial charge in [0.1, 0.15) is 0 Å². The zero-order valence-corrected chi connectivity index (χ0v) is 7.82. The van der Waals surface area contributed by atoms with Crippen molar-refractivity contribution in [3.05, 3.63) is 28.9 Å². The molecule has 0 aliphatic heterocycles.